The Labute approximate surface area is 146 Å². The molecule has 2 amide bonds. The molecule has 0 unspecified atom stereocenters. The minimum Gasteiger partial charge on any atom is -0.497 e. The molecule has 0 aliphatic carbocycles. The van der Waals surface area contributed by atoms with Crippen LogP contribution in [0.15, 0.2) is 48.5 Å². The fourth-order valence-electron chi connectivity index (χ4n) is 2.16. The van der Waals surface area contributed by atoms with Gasteiger partial charge in [0, 0.05) is 29.9 Å². The van der Waals surface area contributed by atoms with Crippen LogP contribution in [0, 0.1) is 0 Å². The Balaban J connectivity index is 2.04. The van der Waals surface area contributed by atoms with Gasteiger partial charge in [-0.15, -0.1) is 0 Å². The Hall–Kier alpha value is -3.28. The fourth-order valence-corrected chi connectivity index (χ4v) is 2.16. The van der Waals surface area contributed by atoms with Gasteiger partial charge in [0.15, 0.2) is 0 Å². The highest BCUT2D eigenvalue weighted by Crippen LogP contribution is 2.25. The first-order valence-electron chi connectivity index (χ1n) is 7.60. The van der Waals surface area contributed by atoms with Crippen molar-refractivity contribution in [3.8, 4) is 11.5 Å². The van der Waals surface area contributed by atoms with Gasteiger partial charge in [0.1, 0.15) is 11.5 Å². The number of ether oxygens (including phenoxy) is 2. The average molecular weight is 340 g/mol. The molecule has 0 bridgehead atoms. The van der Waals surface area contributed by atoms with Crippen LogP contribution in [0.1, 0.15) is 12.5 Å². The summed E-state index contributed by atoms with van der Waals surface area (Å²) in [5.74, 6) is 0.892. The van der Waals surface area contributed by atoms with Crippen molar-refractivity contribution >= 4 is 29.3 Å². The normalized spacial score (nSPS) is 10.4. The van der Waals surface area contributed by atoms with Gasteiger partial charge in [-0.1, -0.05) is 0 Å². The molecule has 6 heteroatoms. The van der Waals surface area contributed by atoms with Gasteiger partial charge in [0.05, 0.1) is 14.2 Å². The average Bonchev–Trinajstić information content (AvgIpc) is 2.61. The second kappa shape index (κ2) is 8.54. The molecule has 0 saturated carbocycles. The van der Waals surface area contributed by atoms with Gasteiger partial charge in [0.25, 0.3) is 0 Å². The van der Waals surface area contributed by atoms with Crippen molar-refractivity contribution in [1.82, 2.24) is 0 Å². The summed E-state index contributed by atoms with van der Waals surface area (Å²) >= 11 is 0. The number of amides is 2. The van der Waals surface area contributed by atoms with Crippen LogP contribution < -0.4 is 20.1 Å². The Morgan fingerprint density at radius 1 is 0.920 bits per heavy atom. The number of carbonyl (C=O) groups excluding carboxylic acids is 2. The van der Waals surface area contributed by atoms with Crippen LogP contribution in [-0.4, -0.2) is 26.0 Å². The number of methoxy groups -OCH3 is 2. The van der Waals surface area contributed by atoms with E-state index in [0.29, 0.717) is 22.9 Å². The van der Waals surface area contributed by atoms with E-state index in [-0.39, 0.29) is 11.8 Å². The molecular formula is C19H20N2O4. The quantitative estimate of drug-likeness (QED) is 0.791. The summed E-state index contributed by atoms with van der Waals surface area (Å²) in [7, 11) is 3.14. The molecule has 0 saturated heterocycles. The van der Waals surface area contributed by atoms with Crippen molar-refractivity contribution < 1.29 is 19.1 Å². The van der Waals surface area contributed by atoms with Gasteiger partial charge in [-0.05, 0) is 48.5 Å². The van der Waals surface area contributed by atoms with E-state index in [9.17, 15) is 9.59 Å². The highest BCUT2D eigenvalue weighted by atomic mass is 16.5. The molecule has 2 aromatic carbocycles. The molecule has 2 aromatic rings. The molecule has 0 spiro atoms. The maximum atomic E-state index is 12.1. The van der Waals surface area contributed by atoms with E-state index >= 15 is 0 Å². The number of hydrogen-bond acceptors (Lipinski definition) is 4. The summed E-state index contributed by atoms with van der Waals surface area (Å²) in [6.45, 7) is 1.44. The topological polar surface area (TPSA) is 76.7 Å². The molecule has 0 fully saturated rings. The molecule has 0 heterocycles. The van der Waals surface area contributed by atoms with Gasteiger partial charge >= 0.3 is 0 Å². The van der Waals surface area contributed by atoms with E-state index in [4.69, 9.17) is 9.47 Å². The van der Waals surface area contributed by atoms with Crippen LogP contribution in [0.5, 0.6) is 11.5 Å². The van der Waals surface area contributed by atoms with Crippen molar-refractivity contribution in [1.29, 1.82) is 0 Å². The minimum absolute atomic E-state index is 0.146. The first-order valence-corrected chi connectivity index (χ1v) is 7.60. The first-order chi connectivity index (χ1) is 12.0. The van der Waals surface area contributed by atoms with E-state index in [1.165, 1.54) is 13.0 Å². The molecule has 6 nitrogen and oxygen atoms in total. The molecule has 130 valence electrons. The molecule has 25 heavy (non-hydrogen) atoms. The smallest absolute Gasteiger partial charge is 0.248 e. The van der Waals surface area contributed by atoms with Gasteiger partial charge in [-0.2, -0.15) is 0 Å². The number of rotatable bonds is 6. The summed E-state index contributed by atoms with van der Waals surface area (Å²) in [5.41, 5.74) is 2.03. The van der Waals surface area contributed by atoms with E-state index in [1.807, 2.05) is 0 Å². The van der Waals surface area contributed by atoms with E-state index < -0.39 is 0 Å². The van der Waals surface area contributed by atoms with E-state index in [2.05, 4.69) is 10.6 Å². The Morgan fingerprint density at radius 2 is 1.56 bits per heavy atom. The molecule has 2 N–H and O–H groups in total. The molecule has 0 atom stereocenters. The third-order valence-corrected chi connectivity index (χ3v) is 3.32. The summed E-state index contributed by atoms with van der Waals surface area (Å²) in [6, 6.07) is 12.2. The van der Waals surface area contributed by atoms with Crippen molar-refractivity contribution in [3.05, 3.63) is 54.1 Å². The number of hydrogen-bond donors (Lipinski definition) is 2. The summed E-state index contributed by atoms with van der Waals surface area (Å²) < 4.78 is 10.4. The second-order valence-corrected chi connectivity index (χ2v) is 5.19. The largest absolute Gasteiger partial charge is 0.497 e. The number of benzene rings is 2. The Kier molecular flexibility index (Phi) is 6.17. The molecular weight excluding hydrogens is 320 g/mol. The number of carbonyl (C=O) groups is 2. The lowest BCUT2D eigenvalue weighted by Gasteiger charge is -2.07. The summed E-state index contributed by atoms with van der Waals surface area (Å²) in [5, 5.41) is 5.41. The third kappa shape index (κ3) is 5.39. The minimum atomic E-state index is -0.280. The van der Waals surface area contributed by atoms with E-state index in [1.54, 1.807) is 62.8 Å². The lowest BCUT2D eigenvalue weighted by Crippen LogP contribution is -2.08. The molecule has 0 aliphatic heterocycles. The van der Waals surface area contributed by atoms with Crippen LogP contribution in [-0.2, 0) is 9.59 Å². The van der Waals surface area contributed by atoms with Crippen LogP contribution in [0.25, 0.3) is 6.08 Å². The standard InChI is InChI=1S/C19H20N2O4/c1-13(22)20-15-5-7-16(8-6-15)21-19(23)11-4-14-12-17(24-2)9-10-18(14)25-3/h4-12H,1-3H3,(H,20,22)(H,21,23)/b11-4+. The maximum absolute atomic E-state index is 12.1. The molecule has 0 aliphatic rings. The van der Waals surface area contributed by atoms with Crippen molar-refractivity contribution in [2.75, 3.05) is 24.9 Å². The zero-order valence-corrected chi connectivity index (χ0v) is 14.3. The predicted molar refractivity (Wildman–Crippen MR) is 98.0 cm³/mol. The van der Waals surface area contributed by atoms with Crippen LogP contribution >= 0.6 is 0 Å². The molecule has 2 rings (SSSR count). The monoisotopic (exact) mass is 340 g/mol. The van der Waals surface area contributed by atoms with Crippen molar-refractivity contribution in [3.63, 3.8) is 0 Å². The van der Waals surface area contributed by atoms with Crippen LogP contribution in [0.4, 0.5) is 11.4 Å². The number of anilines is 2. The maximum Gasteiger partial charge on any atom is 0.248 e. The molecule has 0 aromatic heterocycles. The van der Waals surface area contributed by atoms with Crippen LogP contribution in [0.2, 0.25) is 0 Å². The highest BCUT2D eigenvalue weighted by Gasteiger charge is 2.04. The molecule has 0 radical (unpaired) electrons. The number of nitrogens with one attached hydrogen (secondary N) is 2. The van der Waals surface area contributed by atoms with E-state index in [0.717, 1.165) is 5.56 Å². The third-order valence-electron chi connectivity index (χ3n) is 3.32. The summed E-state index contributed by atoms with van der Waals surface area (Å²) in [4.78, 5) is 23.0. The SMILES string of the molecule is COc1ccc(OC)c(/C=C/C(=O)Nc2ccc(NC(C)=O)cc2)c1. The van der Waals surface area contributed by atoms with Crippen molar-refractivity contribution in [2.45, 2.75) is 6.92 Å². The second-order valence-electron chi connectivity index (χ2n) is 5.19. The zero-order valence-electron chi connectivity index (χ0n) is 14.3. The zero-order chi connectivity index (χ0) is 18.2. The fraction of sp³-hybridized carbons (Fsp3) is 0.158. The first kappa shape index (κ1) is 18.1. The predicted octanol–water partition coefficient (Wildman–Crippen LogP) is 3.31. The van der Waals surface area contributed by atoms with Crippen molar-refractivity contribution in [2.24, 2.45) is 0 Å². The highest BCUT2D eigenvalue weighted by molar-refractivity contribution is 6.02. The van der Waals surface area contributed by atoms with Crippen LogP contribution in [0.3, 0.4) is 0 Å². The summed E-state index contributed by atoms with van der Waals surface area (Å²) in [6.07, 6.45) is 3.07. The lowest BCUT2D eigenvalue weighted by atomic mass is 10.1. The Bertz CT molecular complexity index is 783. The van der Waals surface area contributed by atoms with Gasteiger partial charge in [-0.25, -0.2) is 0 Å². The van der Waals surface area contributed by atoms with Gasteiger partial charge in [-0.3, -0.25) is 9.59 Å². The van der Waals surface area contributed by atoms with Gasteiger partial charge in [0.2, 0.25) is 11.8 Å². The Morgan fingerprint density at radius 3 is 2.12 bits per heavy atom. The lowest BCUT2D eigenvalue weighted by molar-refractivity contribution is -0.114. The van der Waals surface area contributed by atoms with Gasteiger partial charge < -0.3 is 20.1 Å².